The summed E-state index contributed by atoms with van der Waals surface area (Å²) >= 11 is 0. The second-order valence-electron chi connectivity index (χ2n) is 7.83. The van der Waals surface area contributed by atoms with Crippen molar-refractivity contribution in [3.8, 4) is 16.9 Å². The van der Waals surface area contributed by atoms with Gasteiger partial charge in [0.15, 0.2) is 9.84 Å². The van der Waals surface area contributed by atoms with Gasteiger partial charge in [0.05, 0.1) is 18.0 Å². The van der Waals surface area contributed by atoms with E-state index in [0.717, 1.165) is 53.0 Å². The number of benzene rings is 2. The van der Waals surface area contributed by atoms with E-state index >= 15 is 0 Å². The fraction of sp³-hybridized carbons (Fsp3) is 0.435. The fourth-order valence-corrected chi connectivity index (χ4v) is 4.76. The molecule has 1 aliphatic rings. The SMILES string of the molecule is CCCOc1c(-c2ccc(CS(C)(=O)=O)cc2)ccc2c1CC[C@H](C)N2C(C)=O. The molecule has 156 valence electrons. The van der Waals surface area contributed by atoms with E-state index in [1.165, 1.54) is 6.26 Å². The van der Waals surface area contributed by atoms with Crippen LogP contribution in [0.5, 0.6) is 5.75 Å². The van der Waals surface area contributed by atoms with E-state index in [4.69, 9.17) is 4.74 Å². The molecule has 0 bridgehead atoms. The molecule has 0 aliphatic carbocycles. The van der Waals surface area contributed by atoms with Crippen molar-refractivity contribution in [3.05, 3.63) is 47.5 Å². The van der Waals surface area contributed by atoms with Gasteiger partial charge in [0.25, 0.3) is 0 Å². The first-order valence-corrected chi connectivity index (χ1v) is 12.1. The Balaban J connectivity index is 2.06. The summed E-state index contributed by atoms with van der Waals surface area (Å²) in [5.74, 6) is 0.901. The van der Waals surface area contributed by atoms with Crippen molar-refractivity contribution in [1.82, 2.24) is 0 Å². The van der Waals surface area contributed by atoms with E-state index in [1.807, 2.05) is 41.3 Å². The Kier molecular flexibility index (Phi) is 6.32. The number of amides is 1. The highest BCUT2D eigenvalue weighted by Crippen LogP contribution is 2.43. The van der Waals surface area contributed by atoms with Crippen molar-refractivity contribution in [2.24, 2.45) is 0 Å². The molecule has 29 heavy (non-hydrogen) atoms. The van der Waals surface area contributed by atoms with Crippen molar-refractivity contribution in [2.75, 3.05) is 17.8 Å². The molecule has 2 aromatic rings. The average molecular weight is 416 g/mol. The topological polar surface area (TPSA) is 63.7 Å². The van der Waals surface area contributed by atoms with Crippen molar-refractivity contribution < 1.29 is 17.9 Å². The van der Waals surface area contributed by atoms with Crippen LogP contribution in [0.1, 0.15) is 44.7 Å². The lowest BCUT2D eigenvalue weighted by molar-refractivity contribution is -0.117. The van der Waals surface area contributed by atoms with E-state index in [1.54, 1.807) is 6.92 Å². The molecule has 1 aliphatic heterocycles. The summed E-state index contributed by atoms with van der Waals surface area (Å²) in [7, 11) is -3.07. The quantitative estimate of drug-likeness (QED) is 0.703. The van der Waals surface area contributed by atoms with E-state index in [2.05, 4.69) is 13.8 Å². The number of fused-ring (bicyclic) bond motifs is 1. The van der Waals surface area contributed by atoms with Crippen LogP contribution < -0.4 is 9.64 Å². The van der Waals surface area contributed by atoms with Crippen LogP contribution >= 0.6 is 0 Å². The molecule has 0 aromatic heterocycles. The monoisotopic (exact) mass is 415 g/mol. The maximum absolute atomic E-state index is 12.2. The van der Waals surface area contributed by atoms with Gasteiger partial charge in [0.2, 0.25) is 5.91 Å². The molecule has 1 atom stereocenters. The molecule has 6 heteroatoms. The minimum Gasteiger partial charge on any atom is -0.493 e. The molecule has 0 saturated heterocycles. The molecule has 3 rings (SSSR count). The Morgan fingerprint density at radius 2 is 1.86 bits per heavy atom. The van der Waals surface area contributed by atoms with Gasteiger partial charge in [-0.25, -0.2) is 8.42 Å². The maximum atomic E-state index is 12.2. The number of ether oxygens (including phenoxy) is 1. The Morgan fingerprint density at radius 3 is 2.45 bits per heavy atom. The third-order valence-electron chi connectivity index (χ3n) is 5.23. The second-order valence-corrected chi connectivity index (χ2v) is 9.97. The van der Waals surface area contributed by atoms with Gasteiger partial charge in [-0.3, -0.25) is 4.79 Å². The first kappa shape index (κ1) is 21.4. The molecule has 0 saturated carbocycles. The molecule has 2 aromatic carbocycles. The first-order valence-electron chi connectivity index (χ1n) is 10.1. The summed E-state index contributed by atoms with van der Waals surface area (Å²) in [6.07, 6.45) is 3.89. The molecule has 1 heterocycles. The highest BCUT2D eigenvalue weighted by atomic mass is 32.2. The predicted octanol–water partition coefficient (Wildman–Crippen LogP) is 4.37. The van der Waals surface area contributed by atoms with E-state index in [9.17, 15) is 13.2 Å². The van der Waals surface area contributed by atoms with Crippen LogP contribution in [0, 0.1) is 0 Å². The zero-order chi connectivity index (χ0) is 21.2. The average Bonchev–Trinajstić information content (AvgIpc) is 2.65. The van der Waals surface area contributed by atoms with Gasteiger partial charge in [0, 0.05) is 30.3 Å². The standard InChI is InChI=1S/C23H29NO4S/c1-5-14-28-23-20(19-9-7-18(8-10-19)15-29(4,26)27)12-13-22-21(23)11-6-16(2)24(22)17(3)25/h7-10,12-13,16H,5-6,11,14-15H2,1-4H3/t16-/m0/s1. The van der Waals surface area contributed by atoms with Crippen molar-refractivity contribution in [1.29, 1.82) is 0 Å². The molecule has 1 amide bonds. The molecular weight excluding hydrogens is 386 g/mol. The molecule has 0 spiro atoms. The molecule has 0 radical (unpaired) electrons. The minimum atomic E-state index is -3.07. The lowest BCUT2D eigenvalue weighted by Crippen LogP contribution is -2.40. The molecule has 0 N–H and O–H groups in total. The number of carbonyl (C=O) groups is 1. The number of anilines is 1. The summed E-state index contributed by atoms with van der Waals surface area (Å²) in [5.41, 5.74) is 4.72. The predicted molar refractivity (Wildman–Crippen MR) is 117 cm³/mol. The summed E-state index contributed by atoms with van der Waals surface area (Å²) in [6, 6.07) is 11.8. The normalized spacial score (nSPS) is 16.4. The number of carbonyl (C=O) groups excluding carboxylic acids is 1. The van der Waals surface area contributed by atoms with Crippen LogP contribution in [-0.2, 0) is 26.8 Å². The van der Waals surface area contributed by atoms with Crippen molar-refractivity contribution in [3.63, 3.8) is 0 Å². The minimum absolute atomic E-state index is 0.0299. The second kappa shape index (κ2) is 8.57. The largest absolute Gasteiger partial charge is 0.493 e. The number of nitrogens with zero attached hydrogens (tertiary/aromatic N) is 1. The van der Waals surface area contributed by atoms with E-state index < -0.39 is 9.84 Å². The van der Waals surface area contributed by atoms with Crippen LogP contribution in [0.25, 0.3) is 11.1 Å². The van der Waals surface area contributed by atoms with Gasteiger partial charge >= 0.3 is 0 Å². The lowest BCUT2D eigenvalue weighted by Gasteiger charge is -2.36. The van der Waals surface area contributed by atoms with Crippen LogP contribution in [0.4, 0.5) is 5.69 Å². The first-order chi connectivity index (χ1) is 13.7. The van der Waals surface area contributed by atoms with Crippen LogP contribution in [0.15, 0.2) is 36.4 Å². The van der Waals surface area contributed by atoms with Gasteiger partial charge < -0.3 is 9.64 Å². The molecular formula is C23H29NO4S. The summed E-state index contributed by atoms with van der Waals surface area (Å²) in [5, 5.41) is 0. The maximum Gasteiger partial charge on any atom is 0.224 e. The van der Waals surface area contributed by atoms with Crippen LogP contribution in [0.2, 0.25) is 0 Å². The number of hydrogen-bond acceptors (Lipinski definition) is 4. The molecule has 0 unspecified atom stereocenters. The lowest BCUT2D eigenvalue weighted by atomic mass is 9.91. The highest BCUT2D eigenvalue weighted by molar-refractivity contribution is 7.89. The Morgan fingerprint density at radius 1 is 1.17 bits per heavy atom. The van der Waals surface area contributed by atoms with Gasteiger partial charge in [-0.2, -0.15) is 0 Å². The summed E-state index contributed by atoms with van der Waals surface area (Å²) < 4.78 is 29.3. The summed E-state index contributed by atoms with van der Waals surface area (Å²) in [4.78, 5) is 14.1. The molecule has 0 fully saturated rings. The third-order valence-corrected chi connectivity index (χ3v) is 6.09. The van der Waals surface area contributed by atoms with Crippen molar-refractivity contribution >= 4 is 21.4 Å². The number of hydrogen-bond donors (Lipinski definition) is 0. The smallest absolute Gasteiger partial charge is 0.224 e. The van der Waals surface area contributed by atoms with Crippen molar-refractivity contribution in [2.45, 2.75) is 51.8 Å². The fourth-order valence-electron chi connectivity index (χ4n) is 3.96. The van der Waals surface area contributed by atoms with E-state index in [-0.39, 0.29) is 17.7 Å². The number of sulfone groups is 1. The van der Waals surface area contributed by atoms with Gasteiger partial charge in [-0.05, 0) is 49.4 Å². The molecule has 5 nitrogen and oxygen atoms in total. The van der Waals surface area contributed by atoms with Gasteiger partial charge in [-0.1, -0.05) is 31.2 Å². The zero-order valence-electron chi connectivity index (χ0n) is 17.6. The summed E-state index contributed by atoms with van der Waals surface area (Å²) in [6.45, 7) is 6.35. The number of rotatable bonds is 6. The Labute approximate surface area is 173 Å². The van der Waals surface area contributed by atoms with Gasteiger partial charge in [-0.15, -0.1) is 0 Å². The highest BCUT2D eigenvalue weighted by Gasteiger charge is 2.29. The third kappa shape index (κ3) is 4.81. The Hall–Kier alpha value is -2.34. The van der Waals surface area contributed by atoms with Crippen LogP contribution in [-0.4, -0.2) is 33.2 Å². The zero-order valence-corrected chi connectivity index (χ0v) is 18.4. The van der Waals surface area contributed by atoms with Gasteiger partial charge in [0.1, 0.15) is 5.75 Å². The van der Waals surface area contributed by atoms with E-state index in [0.29, 0.717) is 6.61 Å². The Bertz CT molecular complexity index is 996. The van der Waals surface area contributed by atoms with Crippen LogP contribution in [0.3, 0.4) is 0 Å².